The zero-order valence-electron chi connectivity index (χ0n) is 14.7. The molecule has 0 aliphatic carbocycles. The van der Waals surface area contributed by atoms with Gasteiger partial charge in [0.2, 0.25) is 0 Å². The van der Waals surface area contributed by atoms with Crippen LogP contribution in [0.4, 0.5) is 0 Å². The number of carbonyl (C=O) groups excluding carboxylic acids is 1. The number of hydrogen-bond acceptors (Lipinski definition) is 4. The van der Waals surface area contributed by atoms with Crippen LogP contribution < -0.4 is 5.32 Å². The minimum atomic E-state index is -0.118. The molecule has 4 aromatic rings. The maximum absolute atomic E-state index is 12.5. The second-order valence-corrected chi connectivity index (χ2v) is 6.62. The van der Waals surface area contributed by atoms with Crippen molar-refractivity contribution in [3.05, 3.63) is 72.1 Å². The third-order valence-electron chi connectivity index (χ3n) is 4.95. The van der Waals surface area contributed by atoms with Crippen LogP contribution >= 0.6 is 0 Å². The maximum Gasteiger partial charge on any atom is 0.251 e. The van der Waals surface area contributed by atoms with E-state index in [-0.39, 0.29) is 5.91 Å². The zero-order valence-corrected chi connectivity index (χ0v) is 14.7. The van der Waals surface area contributed by atoms with Gasteiger partial charge in [-0.15, -0.1) is 10.2 Å². The lowest BCUT2D eigenvalue weighted by molar-refractivity contribution is 0.0949. The standard InChI is InChI=1S/C20H18N6O/c27-20(21-12-19-24-23-18-6-3-11-25(18)19)14-7-9-15(10-8-14)26-13-22-16-4-1-2-5-17(16)26/h1-2,4-5,7-10,13H,3,6,11-12H2,(H,21,27). The predicted octanol–water partition coefficient (Wildman–Crippen LogP) is 2.49. The molecule has 0 saturated heterocycles. The number of hydrogen-bond donors (Lipinski definition) is 1. The fourth-order valence-electron chi connectivity index (χ4n) is 3.54. The van der Waals surface area contributed by atoms with Gasteiger partial charge in [0.25, 0.3) is 5.91 Å². The highest BCUT2D eigenvalue weighted by molar-refractivity contribution is 5.94. The summed E-state index contributed by atoms with van der Waals surface area (Å²) < 4.78 is 4.10. The summed E-state index contributed by atoms with van der Waals surface area (Å²) in [6.45, 7) is 1.32. The largest absolute Gasteiger partial charge is 0.345 e. The molecule has 134 valence electrons. The summed E-state index contributed by atoms with van der Waals surface area (Å²) >= 11 is 0. The number of carbonyl (C=O) groups is 1. The molecule has 7 nitrogen and oxygen atoms in total. The van der Waals surface area contributed by atoms with Crippen LogP contribution in [0.25, 0.3) is 16.7 Å². The molecule has 0 unspecified atom stereocenters. The van der Waals surface area contributed by atoms with Crippen molar-refractivity contribution in [3.63, 3.8) is 0 Å². The lowest BCUT2D eigenvalue weighted by atomic mass is 10.2. The van der Waals surface area contributed by atoms with Crippen LogP contribution in [0.3, 0.4) is 0 Å². The number of nitrogens with one attached hydrogen (secondary N) is 1. The lowest BCUT2D eigenvalue weighted by Crippen LogP contribution is -2.24. The van der Waals surface area contributed by atoms with Gasteiger partial charge in [-0.1, -0.05) is 12.1 Å². The van der Waals surface area contributed by atoms with E-state index in [1.807, 2.05) is 53.1 Å². The quantitative estimate of drug-likeness (QED) is 0.608. The minimum Gasteiger partial charge on any atom is -0.345 e. The summed E-state index contributed by atoms with van der Waals surface area (Å²) in [5, 5.41) is 11.3. The summed E-state index contributed by atoms with van der Waals surface area (Å²) in [6, 6.07) is 15.5. The Labute approximate surface area is 155 Å². The Kier molecular flexibility index (Phi) is 3.71. The first kappa shape index (κ1) is 15.7. The van der Waals surface area contributed by atoms with Crippen molar-refractivity contribution < 1.29 is 4.79 Å². The van der Waals surface area contributed by atoms with Crippen molar-refractivity contribution in [2.75, 3.05) is 0 Å². The molecule has 1 aliphatic heterocycles. The summed E-state index contributed by atoms with van der Waals surface area (Å²) in [5.74, 6) is 1.71. The average Bonchev–Trinajstić information content (AvgIpc) is 3.42. The molecule has 2 aromatic carbocycles. The van der Waals surface area contributed by atoms with Crippen LogP contribution in [0.5, 0.6) is 0 Å². The zero-order chi connectivity index (χ0) is 18.2. The molecule has 0 fully saturated rings. The molecule has 3 heterocycles. The molecule has 0 spiro atoms. The summed E-state index contributed by atoms with van der Waals surface area (Å²) in [4.78, 5) is 16.9. The first-order chi connectivity index (χ1) is 13.3. The first-order valence-electron chi connectivity index (χ1n) is 9.01. The Hall–Kier alpha value is -3.48. The molecule has 1 N–H and O–H groups in total. The second kappa shape index (κ2) is 6.35. The van der Waals surface area contributed by atoms with Crippen molar-refractivity contribution >= 4 is 16.9 Å². The third-order valence-corrected chi connectivity index (χ3v) is 4.95. The number of aryl methyl sites for hydroxylation is 1. The number of nitrogens with zero attached hydrogens (tertiary/aromatic N) is 5. The Morgan fingerprint density at radius 2 is 1.93 bits per heavy atom. The number of aromatic nitrogens is 5. The summed E-state index contributed by atoms with van der Waals surface area (Å²) in [5.41, 5.74) is 3.57. The molecule has 5 rings (SSSR count). The fraction of sp³-hybridized carbons (Fsp3) is 0.200. The van der Waals surface area contributed by atoms with Crippen molar-refractivity contribution in [1.29, 1.82) is 0 Å². The van der Waals surface area contributed by atoms with E-state index < -0.39 is 0 Å². The van der Waals surface area contributed by atoms with Crippen LogP contribution in [-0.4, -0.2) is 30.2 Å². The molecular formula is C20H18N6O. The van der Waals surface area contributed by atoms with Gasteiger partial charge in [0.15, 0.2) is 5.82 Å². The van der Waals surface area contributed by atoms with E-state index in [4.69, 9.17) is 0 Å². The molecule has 2 aromatic heterocycles. The summed E-state index contributed by atoms with van der Waals surface area (Å²) in [6.07, 6.45) is 3.85. The van der Waals surface area contributed by atoms with Gasteiger partial charge in [-0.25, -0.2) is 4.98 Å². The highest BCUT2D eigenvalue weighted by Gasteiger charge is 2.17. The van der Waals surface area contributed by atoms with Gasteiger partial charge in [0.1, 0.15) is 12.2 Å². The van der Waals surface area contributed by atoms with Gasteiger partial charge in [-0.3, -0.25) is 9.36 Å². The molecular weight excluding hydrogens is 340 g/mol. The topological polar surface area (TPSA) is 77.6 Å². The van der Waals surface area contributed by atoms with Crippen molar-refractivity contribution in [2.45, 2.75) is 25.9 Å². The number of fused-ring (bicyclic) bond motifs is 2. The number of rotatable bonds is 4. The van der Waals surface area contributed by atoms with Gasteiger partial charge < -0.3 is 9.88 Å². The highest BCUT2D eigenvalue weighted by atomic mass is 16.1. The van der Waals surface area contributed by atoms with Gasteiger partial charge in [-0.2, -0.15) is 0 Å². The lowest BCUT2D eigenvalue weighted by Gasteiger charge is -2.08. The van der Waals surface area contributed by atoms with E-state index in [1.165, 1.54) is 0 Å². The van der Waals surface area contributed by atoms with Gasteiger partial charge in [-0.05, 0) is 42.8 Å². The van der Waals surface area contributed by atoms with Gasteiger partial charge in [0, 0.05) is 24.2 Å². The van der Waals surface area contributed by atoms with E-state index in [0.29, 0.717) is 12.1 Å². The average molecular weight is 358 g/mol. The molecule has 0 bridgehead atoms. The maximum atomic E-state index is 12.5. The smallest absolute Gasteiger partial charge is 0.251 e. The molecule has 27 heavy (non-hydrogen) atoms. The van der Waals surface area contributed by atoms with E-state index in [1.54, 1.807) is 6.33 Å². The summed E-state index contributed by atoms with van der Waals surface area (Å²) in [7, 11) is 0. The van der Waals surface area contributed by atoms with Gasteiger partial charge >= 0.3 is 0 Å². The highest BCUT2D eigenvalue weighted by Crippen LogP contribution is 2.18. The van der Waals surface area contributed by atoms with Crippen molar-refractivity contribution in [3.8, 4) is 5.69 Å². The van der Waals surface area contributed by atoms with Crippen molar-refractivity contribution in [2.24, 2.45) is 0 Å². The molecule has 1 amide bonds. The number of benzene rings is 2. The van der Waals surface area contributed by atoms with Crippen molar-refractivity contribution in [1.82, 2.24) is 29.6 Å². The Bertz CT molecular complexity index is 1130. The van der Waals surface area contributed by atoms with E-state index in [9.17, 15) is 4.79 Å². The van der Waals surface area contributed by atoms with E-state index >= 15 is 0 Å². The van der Waals surface area contributed by atoms with Crippen LogP contribution in [-0.2, 0) is 19.5 Å². The van der Waals surface area contributed by atoms with Crippen LogP contribution in [0.1, 0.15) is 28.4 Å². The Morgan fingerprint density at radius 1 is 1.07 bits per heavy atom. The van der Waals surface area contributed by atoms with Crippen LogP contribution in [0, 0.1) is 0 Å². The van der Waals surface area contributed by atoms with Gasteiger partial charge in [0.05, 0.1) is 17.6 Å². The third kappa shape index (κ3) is 2.77. The fourth-order valence-corrected chi connectivity index (χ4v) is 3.54. The number of para-hydroxylation sites is 2. The Balaban J connectivity index is 1.31. The van der Waals surface area contributed by atoms with E-state index in [2.05, 4.69) is 25.1 Å². The molecule has 0 radical (unpaired) electrons. The molecule has 7 heteroatoms. The van der Waals surface area contributed by atoms with Crippen LogP contribution in [0.15, 0.2) is 54.9 Å². The normalized spacial score (nSPS) is 13.0. The monoisotopic (exact) mass is 358 g/mol. The molecule has 0 atom stereocenters. The van der Waals surface area contributed by atoms with Crippen LogP contribution in [0.2, 0.25) is 0 Å². The number of imidazole rings is 1. The SMILES string of the molecule is O=C(NCc1nnc2n1CCC2)c1ccc(-n2cnc3ccccc32)cc1. The Morgan fingerprint density at radius 3 is 2.81 bits per heavy atom. The molecule has 1 aliphatic rings. The predicted molar refractivity (Wildman–Crippen MR) is 101 cm³/mol. The second-order valence-electron chi connectivity index (χ2n) is 6.62. The molecule has 0 saturated carbocycles. The number of amides is 1. The van der Waals surface area contributed by atoms with E-state index in [0.717, 1.165) is 47.8 Å². The first-order valence-corrected chi connectivity index (χ1v) is 9.01. The minimum absolute atomic E-state index is 0.118.